The highest BCUT2D eigenvalue weighted by Crippen LogP contribution is 2.38. The molecule has 3 rings (SSSR count). The molecule has 1 aromatic heterocycles. The van der Waals surface area contributed by atoms with Crippen LogP contribution in [0.5, 0.6) is 0 Å². The average Bonchev–Trinajstić information content (AvgIpc) is 3.84. The van der Waals surface area contributed by atoms with Gasteiger partial charge in [-0.25, -0.2) is 9.55 Å². The molecule has 0 spiro atoms. The molecule has 0 radical (unpaired) electrons. The Balaban J connectivity index is 1.73. The Morgan fingerprint density at radius 2 is 1.53 bits per heavy atom. The number of benzene rings is 1. The SMILES string of the molecule is CC(=O)N1CCC[C@H]1C(=O)N[C@@H](CC(C)C)C(=O)N[C@@H](Cc1nccn1CCCCCCCCc1ccccc1)C(=O)N[C@@H](C)C(=O)N[C@H](C(N)=O)[C@@H](C)OP(=O)(O)O. The smallest absolute Gasteiger partial charge is 0.368 e. The third kappa shape index (κ3) is 16.9. The summed E-state index contributed by atoms with van der Waals surface area (Å²) < 4.78 is 17.8. The molecule has 18 nitrogen and oxygen atoms in total. The number of aromatic nitrogens is 2. The van der Waals surface area contributed by atoms with Gasteiger partial charge in [0.15, 0.2) is 0 Å². The van der Waals surface area contributed by atoms with E-state index in [-0.39, 0.29) is 24.7 Å². The maximum atomic E-state index is 14.0. The summed E-state index contributed by atoms with van der Waals surface area (Å²) in [5.74, 6) is -3.78. The van der Waals surface area contributed by atoms with E-state index in [0.29, 0.717) is 31.8 Å². The van der Waals surface area contributed by atoms with Crippen LogP contribution in [0.15, 0.2) is 42.7 Å². The second-order valence-corrected chi connectivity index (χ2v) is 16.8. The maximum Gasteiger partial charge on any atom is 0.469 e. The fraction of sp³-hybridized carbons (Fsp3) is 0.625. The topological polar surface area (TPSA) is 264 Å². The van der Waals surface area contributed by atoms with Gasteiger partial charge >= 0.3 is 7.82 Å². The molecule has 8 N–H and O–H groups in total. The number of primary amides is 1. The van der Waals surface area contributed by atoms with Gasteiger partial charge in [0.25, 0.3) is 0 Å². The number of amides is 6. The molecule has 59 heavy (non-hydrogen) atoms. The zero-order chi connectivity index (χ0) is 43.7. The van der Waals surface area contributed by atoms with Gasteiger partial charge in [0.2, 0.25) is 35.4 Å². The minimum absolute atomic E-state index is 0.0487. The number of hydrogen-bond acceptors (Lipinski definition) is 9. The molecule has 1 fully saturated rings. The fourth-order valence-corrected chi connectivity index (χ4v) is 7.66. The summed E-state index contributed by atoms with van der Waals surface area (Å²) in [5.41, 5.74) is 6.71. The molecule has 328 valence electrons. The molecule has 2 aromatic rings. The lowest BCUT2D eigenvalue weighted by atomic mass is 10.0. The van der Waals surface area contributed by atoms with Crippen molar-refractivity contribution in [1.29, 1.82) is 0 Å². The summed E-state index contributed by atoms with van der Waals surface area (Å²) in [7, 11) is -5.05. The zero-order valence-corrected chi connectivity index (χ0v) is 35.7. The Morgan fingerprint density at radius 3 is 2.15 bits per heavy atom. The van der Waals surface area contributed by atoms with Gasteiger partial charge in [0, 0.05) is 38.8 Å². The van der Waals surface area contributed by atoms with Crippen molar-refractivity contribution < 1.29 is 47.6 Å². The minimum Gasteiger partial charge on any atom is -0.368 e. The number of hydrogen-bond donors (Lipinski definition) is 7. The van der Waals surface area contributed by atoms with Crippen LogP contribution in [-0.2, 0) is 57.2 Å². The van der Waals surface area contributed by atoms with E-state index in [4.69, 9.17) is 5.73 Å². The third-order valence-electron chi connectivity index (χ3n) is 10.2. The normalized spacial score (nSPS) is 16.7. The van der Waals surface area contributed by atoms with Gasteiger partial charge in [-0.3, -0.25) is 33.3 Å². The van der Waals surface area contributed by atoms with Crippen LogP contribution in [0.2, 0.25) is 0 Å². The number of rotatable bonds is 25. The molecule has 1 saturated heterocycles. The summed E-state index contributed by atoms with van der Waals surface area (Å²) in [6.45, 7) is 8.63. The summed E-state index contributed by atoms with van der Waals surface area (Å²) in [4.78, 5) is 103. The van der Waals surface area contributed by atoms with Crippen molar-refractivity contribution in [2.24, 2.45) is 11.7 Å². The second-order valence-electron chi connectivity index (χ2n) is 15.6. The maximum absolute atomic E-state index is 14.0. The van der Waals surface area contributed by atoms with Crippen LogP contribution in [0.1, 0.15) is 104 Å². The number of phosphoric ester groups is 1. The molecule has 6 amide bonds. The van der Waals surface area contributed by atoms with Crippen LogP contribution in [0.25, 0.3) is 0 Å². The fourth-order valence-electron chi connectivity index (χ4n) is 7.10. The van der Waals surface area contributed by atoms with Crippen molar-refractivity contribution in [3.8, 4) is 0 Å². The van der Waals surface area contributed by atoms with Crippen LogP contribution < -0.4 is 27.0 Å². The first-order valence-corrected chi connectivity index (χ1v) is 21.9. The van der Waals surface area contributed by atoms with Gasteiger partial charge < -0.3 is 46.3 Å². The van der Waals surface area contributed by atoms with Gasteiger partial charge in [-0.1, -0.05) is 69.9 Å². The molecule has 1 aromatic carbocycles. The minimum atomic E-state index is -5.05. The zero-order valence-electron chi connectivity index (χ0n) is 34.8. The van der Waals surface area contributed by atoms with E-state index in [1.807, 2.05) is 24.5 Å². The quantitative estimate of drug-likeness (QED) is 0.0562. The number of phosphoric acid groups is 1. The lowest BCUT2D eigenvalue weighted by molar-refractivity contribution is -0.138. The highest BCUT2D eigenvalue weighted by atomic mass is 31.2. The second kappa shape index (κ2) is 23.8. The molecule has 0 aliphatic carbocycles. The van der Waals surface area contributed by atoms with Gasteiger partial charge in [0.05, 0.1) is 6.10 Å². The van der Waals surface area contributed by atoms with E-state index in [1.54, 1.807) is 12.4 Å². The largest absolute Gasteiger partial charge is 0.469 e. The van der Waals surface area contributed by atoms with E-state index < -0.39 is 73.7 Å². The molecule has 0 bridgehead atoms. The van der Waals surface area contributed by atoms with E-state index in [2.05, 4.69) is 55.0 Å². The van der Waals surface area contributed by atoms with E-state index in [0.717, 1.165) is 51.9 Å². The van der Waals surface area contributed by atoms with E-state index in [1.165, 1.54) is 24.3 Å². The number of nitrogens with one attached hydrogen (secondary N) is 4. The van der Waals surface area contributed by atoms with Crippen LogP contribution in [-0.4, -0.2) is 103 Å². The van der Waals surface area contributed by atoms with Gasteiger partial charge in [-0.05, 0) is 63.9 Å². The number of carbonyl (C=O) groups is 6. The van der Waals surface area contributed by atoms with Crippen molar-refractivity contribution in [3.63, 3.8) is 0 Å². The number of likely N-dealkylation sites (tertiary alicyclic amines) is 1. The molecule has 2 heterocycles. The van der Waals surface area contributed by atoms with Crippen LogP contribution in [0.3, 0.4) is 0 Å². The highest BCUT2D eigenvalue weighted by molar-refractivity contribution is 7.46. The molecule has 1 aliphatic heterocycles. The Labute approximate surface area is 346 Å². The first-order valence-electron chi connectivity index (χ1n) is 20.4. The number of unbranched alkanes of at least 4 members (excludes halogenated alkanes) is 5. The predicted molar refractivity (Wildman–Crippen MR) is 219 cm³/mol. The molecule has 1 aliphatic rings. The third-order valence-corrected chi connectivity index (χ3v) is 10.8. The Bertz CT molecular complexity index is 1750. The number of nitrogens with two attached hydrogens (primary N) is 1. The van der Waals surface area contributed by atoms with Gasteiger partial charge in [0.1, 0.15) is 36.0 Å². The molecule has 0 unspecified atom stereocenters. The number of nitrogens with zero attached hydrogens (tertiary/aromatic N) is 3. The molecule has 6 atom stereocenters. The number of imidazole rings is 1. The molecule has 0 saturated carbocycles. The first-order chi connectivity index (χ1) is 27.9. The van der Waals surface area contributed by atoms with Crippen molar-refractivity contribution in [2.75, 3.05) is 6.54 Å². The highest BCUT2D eigenvalue weighted by Gasteiger charge is 2.37. The first kappa shape index (κ1) is 48.7. The summed E-state index contributed by atoms with van der Waals surface area (Å²) in [5, 5.41) is 10.3. The van der Waals surface area contributed by atoms with Crippen molar-refractivity contribution >= 4 is 43.3 Å². The summed E-state index contributed by atoms with van der Waals surface area (Å²) >= 11 is 0. The van der Waals surface area contributed by atoms with Crippen molar-refractivity contribution in [1.82, 2.24) is 35.7 Å². The van der Waals surface area contributed by atoms with Crippen LogP contribution in [0, 0.1) is 5.92 Å². The van der Waals surface area contributed by atoms with Gasteiger partial charge in [-0.15, -0.1) is 0 Å². The lowest BCUT2D eigenvalue weighted by Crippen LogP contribution is -2.60. The van der Waals surface area contributed by atoms with Crippen LogP contribution in [0.4, 0.5) is 0 Å². The van der Waals surface area contributed by atoms with Gasteiger partial charge in [-0.2, -0.15) is 0 Å². The number of carbonyl (C=O) groups excluding carboxylic acids is 6. The Kier molecular flexibility index (Phi) is 19.7. The molecular weight excluding hydrogens is 783 g/mol. The Hall–Kier alpha value is -4.64. The Morgan fingerprint density at radius 1 is 0.881 bits per heavy atom. The van der Waals surface area contributed by atoms with Crippen molar-refractivity contribution in [3.05, 3.63) is 54.1 Å². The number of aryl methyl sites for hydroxylation is 2. The summed E-state index contributed by atoms with van der Waals surface area (Å²) in [6.07, 6.45) is 10.4. The van der Waals surface area contributed by atoms with Crippen LogP contribution >= 0.6 is 7.82 Å². The van der Waals surface area contributed by atoms with E-state index >= 15 is 0 Å². The molecule has 19 heteroatoms. The van der Waals surface area contributed by atoms with Crippen molar-refractivity contribution in [2.45, 2.75) is 148 Å². The summed E-state index contributed by atoms with van der Waals surface area (Å²) in [6, 6.07) is 4.33. The molecular formula is C40H63N8O10P. The lowest BCUT2D eigenvalue weighted by Gasteiger charge is -2.28. The monoisotopic (exact) mass is 846 g/mol. The average molecular weight is 847 g/mol. The standard InChI is InChI=1S/C40H63N8O10P/c1-26(2)24-31(45-40(54)33-19-15-22-48(33)29(5)49)39(53)44-32(38(52)43-27(3)37(51)46-35(36(41)50)28(4)58-59(55,56)57)25-34-42-20-23-47(34)21-14-9-7-6-8-11-16-30-17-12-10-13-18-30/h10,12-13,17-18,20,23,26-28,31-33,35H,6-9,11,14-16,19,21-22,24-25H2,1-5H3,(H2,41,50)(H,43,52)(H,44,53)(H,45,54)(H,46,51)(H2,55,56,57)/t27-,28+,31-,32-,33-,35-/m0/s1. The predicted octanol–water partition coefficient (Wildman–Crippen LogP) is 2.01. The van der Waals surface area contributed by atoms with E-state index in [9.17, 15) is 43.1 Å².